The minimum absolute atomic E-state index is 0.210. The van der Waals surface area contributed by atoms with E-state index in [1.54, 1.807) is 24.3 Å². The van der Waals surface area contributed by atoms with Crippen molar-refractivity contribution in [2.24, 2.45) is 0 Å². The van der Waals surface area contributed by atoms with Gasteiger partial charge in [-0.05, 0) is 54.6 Å². The van der Waals surface area contributed by atoms with E-state index in [4.69, 9.17) is 16.3 Å². The Bertz CT molecular complexity index is 1060. The molecule has 3 rings (SSSR count). The van der Waals surface area contributed by atoms with Crippen LogP contribution in [-0.2, 0) is 15.8 Å². The number of ether oxygens (including phenoxy) is 1. The Labute approximate surface area is 174 Å². The molecule has 0 spiro atoms. The molecule has 0 aliphatic carbocycles. The van der Waals surface area contributed by atoms with Crippen LogP contribution in [-0.4, -0.2) is 11.8 Å². The molecule has 0 unspecified atom stereocenters. The van der Waals surface area contributed by atoms with E-state index < -0.39 is 28.6 Å². The van der Waals surface area contributed by atoms with Gasteiger partial charge in [-0.3, -0.25) is 9.59 Å². The zero-order valence-electron chi connectivity index (χ0n) is 15.2. The molecule has 0 fully saturated rings. The fourth-order valence-corrected chi connectivity index (χ4v) is 2.65. The quantitative estimate of drug-likeness (QED) is 0.515. The number of amides is 2. The molecule has 30 heavy (non-hydrogen) atoms. The standard InChI is InChI=1S/C21H14ClF3N2O3/c22-18-11-8-14(12-17(18)21(23,24)25)27-20(29)19(28)26-13-6-9-16(10-7-13)30-15-4-2-1-3-5-15/h1-12H,(H,26,28)(H,27,29). The molecule has 9 heteroatoms. The Morgan fingerprint density at radius 1 is 0.767 bits per heavy atom. The molecule has 0 heterocycles. The average Bonchev–Trinajstić information content (AvgIpc) is 2.71. The molecule has 5 nitrogen and oxygen atoms in total. The molecule has 0 atom stereocenters. The van der Waals surface area contributed by atoms with Crippen LogP contribution in [0.15, 0.2) is 72.8 Å². The van der Waals surface area contributed by atoms with Crippen LogP contribution >= 0.6 is 11.6 Å². The Kier molecular flexibility index (Phi) is 6.27. The lowest BCUT2D eigenvalue weighted by molar-refractivity contribution is -0.137. The third-order valence-electron chi connectivity index (χ3n) is 3.83. The third-order valence-corrected chi connectivity index (χ3v) is 4.16. The van der Waals surface area contributed by atoms with E-state index in [2.05, 4.69) is 10.6 Å². The summed E-state index contributed by atoms with van der Waals surface area (Å²) in [6, 6.07) is 18.1. The summed E-state index contributed by atoms with van der Waals surface area (Å²) in [7, 11) is 0. The monoisotopic (exact) mass is 434 g/mol. The van der Waals surface area contributed by atoms with Crippen molar-refractivity contribution in [3.05, 3.63) is 83.4 Å². The number of alkyl halides is 3. The van der Waals surface area contributed by atoms with Gasteiger partial charge in [-0.2, -0.15) is 13.2 Å². The van der Waals surface area contributed by atoms with Crippen LogP contribution in [0.3, 0.4) is 0 Å². The second-order valence-corrected chi connectivity index (χ2v) is 6.45. The number of nitrogens with one attached hydrogen (secondary N) is 2. The summed E-state index contributed by atoms with van der Waals surface area (Å²) in [6.45, 7) is 0. The Morgan fingerprint density at radius 3 is 1.90 bits per heavy atom. The van der Waals surface area contributed by atoms with Crippen LogP contribution in [0.1, 0.15) is 5.56 Å². The molecule has 0 aliphatic rings. The number of hydrogen-bond donors (Lipinski definition) is 2. The molecule has 0 aliphatic heterocycles. The molecule has 2 amide bonds. The largest absolute Gasteiger partial charge is 0.457 e. The van der Waals surface area contributed by atoms with Gasteiger partial charge in [0.25, 0.3) is 0 Å². The Morgan fingerprint density at radius 2 is 1.30 bits per heavy atom. The highest BCUT2D eigenvalue weighted by Gasteiger charge is 2.33. The lowest BCUT2D eigenvalue weighted by atomic mass is 10.2. The maximum Gasteiger partial charge on any atom is 0.417 e. The maximum absolute atomic E-state index is 12.9. The second-order valence-electron chi connectivity index (χ2n) is 6.04. The average molecular weight is 435 g/mol. The van der Waals surface area contributed by atoms with Gasteiger partial charge in [-0.25, -0.2) is 0 Å². The second kappa shape index (κ2) is 8.87. The van der Waals surface area contributed by atoms with E-state index >= 15 is 0 Å². The number of carbonyl (C=O) groups is 2. The van der Waals surface area contributed by atoms with Crippen molar-refractivity contribution >= 4 is 34.8 Å². The summed E-state index contributed by atoms with van der Waals surface area (Å²) in [5.41, 5.74) is -1.02. The molecule has 0 aromatic heterocycles. The van der Waals surface area contributed by atoms with E-state index in [-0.39, 0.29) is 5.69 Å². The molecule has 0 bridgehead atoms. The van der Waals surface area contributed by atoms with Crippen molar-refractivity contribution in [2.45, 2.75) is 6.18 Å². The number of halogens is 4. The van der Waals surface area contributed by atoms with E-state index in [9.17, 15) is 22.8 Å². The van der Waals surface area contributed by atoms with Crippen LogP contribution in [0.2, 0.25) is 5.02 Å². The van der Waals surface area contributed by atoms with E-state index in [0.717, 1.165) is 6.07 Å². The Balaban J connectivity index is 1.61. The number of para-hydroxylation sites is 1. The van der Waals surface area contributed by atoms with Crippen molar-refractivity contribution in [1.29, 1.82) is 0 Å². The van der Waals surface area contributed by atoms with E-state index in [1.165, 1.54) is 18.2 Å². The summed E-state index contributed by atoms with van der Waals surface area (Å²) in [5, 5.41) is 3.95. The molecular weight excluding hydrogens is 421 g/mol. The lowest BCUT2D eigenvalue weighted by Gasteiger charge is -2.12. The van der Waals surface area contributed by atoms with Gasteiger partial charge >= 0.3 is 18.0 Å². The van der Waals surface area contributed by atoms with Gasteiger partial charge in [0.1, 0.15) is 11.5 Å². The van der Waals surface area contributed by atoms with E-state index in [0.29, 0.717) is 23.3 Å². The summed E-state index contributed by atoms with van der Waals surface area (Å²) in [5.74, 6) is -1.02. The van der Waals surface area contributed by atoms with Crippen molar-refractivity contribution in [3.63, 3.8) is 0 Å². The Hall–Kier alpha value is -3.52. The van der Waals surface area contributed by atoms with Gasteiger partial charge in [-0.15, -0.1) is 0 Å². The first-order valence-corrected chi connectivity index (χ1v) is 8.92. The van der Waals surface area contributed by atoms with Crippen molar-refractivity contribution < 1.29 is 27.5 Å². The lowest BCUT2D eigenvalue weighted by Crippen LogP contribution is -2.29. The van der Waals surface area contributed by atoms with Gasteiger partial charge < -0.3 is 15.4 Å². The number of rotatable bonds is 4. The minimum atomic E-state index is -4.69. The zero-order valence-corrected chi connectivity index (χ0v) is 15.9. The van der Waals surface area contributed by atoms with Gasteiger partial charge in [0.15, 0.2) is 0 Å². The normalized spacial score (nSPS) is 10.9. The van der Waals surface area contributed by atoms with Gasteiger partial charge in [0.05, 0.1) is 10.6 Å². The SMILES string of the molecule is O=C(Nc1ccc(Oc2ccccc2)cc1)C(=O)Nc1ccc(Cl)c(C(F)(F)F)c1. The molecule has 0 saturated carbocycles. The third kappa shape index (κ3) is 5.51. The molecule has 0 saturated heterocycles. The molecule has 3 aromatic carbocycles. The minimum Gasteiger partial charge on any atom is -0.457 e. The predicted octanol–water partition coefficient (Wildman–Crippen LogP) is 5.73. The summed E-state index contributed by atoms with van der Waals surface area (Å²) >= 11 is 5.53. The first-order valence-electron chi connectivity index (χ1n) is 8.54. The summed E-state index contributed by atoms with van der Waals surface area (Å²) in [4.78, 5) is 24.0. The number of anilines is 2. The van der Waals surface area contributed by atoms with Crippen molar-refractivity contribution in [3.8, 4) is 11.5 Å². The zero-order chi connectivity index (χ0) is 21.7. The van der Waals surface area contributed by atoms with Crippen LogP contribution in [0, 0.1) is 0 Å². The molecule has 0 radical (unpaired) electrons. The first kappa shape index (κ1) is 21.2. The molecule has 3 aromatic rings. The van der Waals surface area contributed by atoms with Crippen molar-refractivity contribution in [1.82, 2.24) is 0 Å². The summed E-state index contributed by atoms with van der Waals surface area (Å²) < 4.78 is 44.3. The molecule has 154 valence electrons. The van der Waals surface area contributed by atoms with Gasteiger partial charge in [-0.1, -0.05) is 29.8 Å². The molecule has 2 N–H and O–H groups in total. The van der Waals surface area contributed by atoms with Crippen LogP contribution < -0.4 is 15.4 Å². The topological polar surface area (TPSA) is 67.4 Å². The number of benzene rings is 3. The number of carbonyl (C=O) groups excluding carboxylic acids is 2. The van der Waals surface area contributed by atoms with Crippen LogP contribution in [0.4, 0.5) is 24.5 Å². The van der Waals surface area contributed by atoms with E-state index in [1.807, 2.05) is 18.2 Å². The highest BCUT2D eigenvalue weighted by Crippen LogP contribution is 2.36. The van der Waals surface area contributed by atoms with Crippen LogP contribution in [0.25, 0.3) is 0 Å². The predicted molar refractivity (Wildman–Crippen MR) is 107 cm³/mol. The van der Waals surface area contributed by atoms with Crippen LogP contribution in [0.5, 0.6) is 11.5 Å². The number of hydrogen-bond acceptors (Lipinski definition) is 3. The highest BCUT2D eigenvalue weighted by molar-refractivity contribution is 6.43. The highest BCUT2D eigenvalue weighted by atomic mass is 35.5. The van der Waals surface area contributed by atoms with Gasteiger partial charge in [0, 0.05) is 11.4 Å². The maximum atomic E-state index is 12.9. The summed E-state index contributed by atoms with van der Waals surface area (Å²) in [6.07, 6.45) is -4.69. The van der Waals surface area contributed by atoms with Crippen molar-refractivity contribution in [2.75, 3.05) is 10.6 Å². The first-order chi connectivity index (χ1) is 14.2. The smallest absolute Gasteiger partial charge is 0.417 e. The fourth-order valence-electron chi connectivity index (χ4n) is 2.43. The fraction of sp³-hybridized carbons (Fsp3) is 0.0476. The van der Waals surface area contributed by atoms with Gasteiger partial charge in [0.2, 0.25) is 0 Å². The molecular formula is C21H14ClF3N2O3.